The van der Waals surface area contributed by atoms with Gasteiger partial charge in [0, 0.05) is 37.3 Å². The number of carbonyl (C=O) groups excluding carboxylic acids is 1. The van der Waals surface area contributed by atoms with E-state index in [4.69, 9.17) is 4.74 Å². The summed E-state index contributed by atoms with van der Waals surface area (Å²) in [5, 5.41) is 0. The standard InChI is InChI=1S/C23H29FN2O5S/c1-16-4-9-22(20(10-16)15-32(28,29)30)31-14-23(27)26-12-17(2)25(11-18(26)3)13-19-5-7-21(24)8-6-19/h4-10,17-18H,11-15H2,1-3H3,(H,28,29,30)/t17-,18+/m0/s1. The summed E-state index contributed by atoms with van der Waals surface area (Å²) < 4.78 is 50.6. The van der Waals surface area contributed by atoms with Crippen molar-refractivity contribution in [3.05, 3.63) is 65.0 Å². The first-order valence-electron chi connectivity index (χ1n) is 10.5. The Bertz CT molecular complexity index is 1060. The van der Waals surface area contributed by atoms with Crippen molar-refractivity contribution in [2.75, 3.05) is 19.7 Å². The van der Waals surface area contributed by atoms with Gasteiger partial charge in [-0.25, -0.2) is 4.39 Å². The van der Waals surface area contributed by atoms with Gasteiger partial charge in [0.2, 0.25) is 0 Å². The lowest BCUT2D eigenvalue weighted by Gasteiger charge is -2.44. The van der Waals surface area contributed by atoms with E-state index in [-0.39, 0.29) is 36.2 Å². The molecule has 2 atom stereocenters. The predicted octanol–water partition coefficient (Wildman–Crippen LogP) is 3.02. The van der Waals surface area contributed by atoms with E-state index in [9.17, 15) is 22.2 Å². The van der Waals surface area contributed by atoms with Gasteiger partial charge >= 0.3 is 0 Å². The Kier molecular flexibility index (Phi) is 7.53. The molecular formula is C23H29FN2O5S. The lowest BCUT2D eigenvalue weighted by molar-refractivity contribution is -0.139. The van der Waals surface area contributed by atoms with Crippen molar-refractivity contribution in [3.63, 3.8) is 0 Å². The molecule has 0 radical (unpaired) electrons. The number of ether oxygens (including phenoxy) is 1. The third-order valence-electron chi connectivity index (χ3n) is 5.64. The summed E-state index contributed by atoms with van der Waals surface area (Å²) in [7, 11) is -4.23. The van der Waals surface area contributed by atoms with Crippen LogP contribution in [-0.4, -0.2) is 60.5 Å². The van der Waals surface area contributed by atoms with Gasteiger partial charge in [-0.15, -0.1) is 0 Å². The molecule has 1 aliphatic heterocycles. The van der Waals surface area contributed by atoms with Crippen molar-refractivity contribution in [1.29, 1.82) is 0 Å². The number of rotatable bonds is 7. The van der Waals surface area contributed by atoms with Crippen LogP contribution < -0.4 is 4.74 Å². The molecule has 0 unspecified atom stereocenters. The van der Waals surface area contributed by atoms with Crippen molar-refractivity contribution in [2.24, 2.45) is 0 Å². The highest BCUT2D eigenvalue weighted by atomic mass is 32.2. The van der Waals surface area contributed by atoms with Crippen LogP contribution in [0.15, 0.2) is 42.5 Å². The fourth-order valence-corrected chi connectivity index (χ4v) is 4.59. The zero-order valence-corrected chi connectivity index (χ0v) is 19.3. The van der Waals surface area contributed by atoms with E-state index >= 15 is 0 Å². The highest BCUT2D eigenvalue weighted by Gasteiger charge is 2.32. The molecule has 0 aromatic heterocycles. The predicted molar refractivity (Wildman–Crippen MR) is 119 cm³/mol. The van der Waals surface area contributed by atoms with Gasteiger partial charge in [0.1, 0.15) is 17.3 Å². The Hall–Kier alpha value is -2.49. The van der Waals surface area contributed by atoms with E-state index in [1.54, 1.807) is 42.2 Å². The Balaban J connectivity index is 1.61. The zero-order valence-electron chi connectivity index (χ0n) is 18.5. The number of hydrogen-bond acceptors (Lipinski definition) is 5. The third kappa shape index (κ3) is 6.51. The summed E-state index contributed by atoms with van der Waals surface area (Å²) in [4.78, 5) is 16.9. The van der Waals surface area contributed by atoms with Crippen LogP contribution in [0.5, 0.6) is 5.75 Å². The maximum atomic E-state index is 13.2. The second-order valence-electron chi connectivity index (χ2n) is 8.43. The Morgan fingerprint density at radius 3 is 2.47 bits per heavy atom. The van der Waals surface area contributed by atoms with Crippen molar-refractivity contribution in [3.8, 4) is 5.75 Å². The Labute approximate surface area is 188 Å². The highest BCUT2D eigenvalue weighted by Crippen LogP contribution is 2.23. The third-order valence-corrected chi connectivity index (χ3v) is 6.32. The van der Waals surface area contributed by atoms with E-state index in [1.807, 2.05) is 13.8 Å². The van der Waals surface area contributed by atoms with Crippen LogP contribution in [0.4, 0.5) is 4.39 Å². The minimum Gasteiger partial charge on any atom is -0.483 e. The minimum atomic E-state index is -4.23. The molecule has 2 aromatic rings. The van der Waals surface area contributed by atoms with Crippen LogP contribution in [0.25, 0.3) is 0 Å². The second kappa shape index (κ2) is 9.97. The molecule has 0 aliphatic carbocycles. The van der Waals surface area contributed by atoms with E-state index in [0.717, 1.165) is 11.1 Å². The first kappa shape index (κ1) is 24.2. The molecule has 1 amide bonds. The number of aryl methyl sites for hydroxylation is 1. The van der Waals surface area contributed by atoms with Crippen molar-refractivity contribution < 1.29 is 26.9 Å². The first-order valence-corrected chi connectivity index (χ1v) is 12.1. The zero-order chi connectivity index (χ0) is 23.5. The minimum absolute atomic E-state index is 0.0435. The summed E-state index contributed by atoms with van der Waals surface area (Å²) >= 11 is 0. The van der Waals surface area contributed by atoms with E-state index in [2.05, 4.69) is 4.90 Å². The smallest absolute Gasteiger partial charge is 0.269 e. The molecule has 32 heavy (non-hydrogen) atoms. The molecule has 1 N–H and O–H groups in total. The van der Waals surface area contributed by atoms with Crippen molar-refractivity contribution in [1.82, 2.24) is 9.80 Å². The maximum absolute atomic E-state index is 13.2. The lowest BCUT2D eigenvalue weighted by atomic mass is 10.1. The van der Waals surface area contributed by atoms with Gasteiger partial charge in [0.15, 0.2) is 6.61 Å². The average molecular weight is 465 g/mol. The van der Waals surface area contributed by atoms with E-state index in [0.29, 0.717) is 25.2 Å². The van der Waals surface area contributed by atoms with Crippen LogP contribution in [-0.2, 0) is 27.2 Å². The van der Waals surface area contributed by atoms with Gasteiger partial charge in [-0.05, 0) is 44.5 Å². The monoisotopic (exact) mass is 464 g/mol. The molecule has 1 aliphatic rings. The molecule has 1 fully saturated rings. The maximum Gasteiger partial charge on any atom is 0.269 e. The Morgan fingerprint density at radius 1 is 1.12 bits per heavy atom. The summed E-state index contributed by atoms with van der Waals surface area (Å²) in [6.45, 7) is 7.46. The van der Waals surface area contributed by atoms with Gasteiger partial charge in [-0.3, -0.25) is 14.2 Å². The summed E-state index contributed by atoms with van der Waals surface area (Å²) in [5.74, 6) is -0.770. The number of nitrogens with zero attached hydrogens (tertiary/aromatic N) is 2. The molecule has 0 spiro atoms. The number of hydrogen-bond donors (Lipinski definition) is 1. The van der Waals surface area contributed by atoms with Crippen LogP contribution in [0.1, 0.15) is 30.5 Å². The number of benzene rings is 2. The molecule has 1 saturated heterocycles. The lowest BCUT2D eigenvalue weighted by Crippen LogP contribution is -2.58. The first-order chi connectivity index (χ1) is 15.0. The highest BCUT2D eigenvalue weighted by molar-refractivity contribution is 7.85. The normalized spacial score (nSPS) is 19.7. The van der Waals surface area contributed by atoms with Gasteiger partial charge in [0.25, 0.3) is 16.0 Å². The van der Waals surface area contributed by atoms with Crippen LogP contribution in [0, 0.1) is 12.7 Å². The van der Waals surface area contributed by atoms with Gasteiger partial charge in [-0.1, -0.05) is 29.8 Å². The topological polar surface area (TPSA) is 87.2 Å². The average Bonchev–Trinajstić information content (AvgIpc) is 2.70. The van der Waals surface area contributed by atoms with Gasteiger partial charge in [-0.2, -0.15) is 8.42 Å². The summed E-state index contributed by atoms with van der Waals surface area (Å²) in [6, 6.07) is 11.5. The van der Waals surface area contributed by atoms with Crippen LogP contribution >= 0.6 is 0 Å². The molecule has 0 bridgehead atoms. The molecule has 7 nitrogen and oxygen atoms in total. The van der Waals surface area contributed by atoms with E-state index in [1.165, 1.54) is 12.1 Å². The SMILES string of the molecule is Cc1ccc(OCC(=O)N2C[C@H](C)N(Cc3ccc(F)cc3)C[C@H]2C)c(CS(=O)(=O)O)c1. The van der Waals surface area contributed by atoms with Gasteiger partial charge < -0.3 is 9.64 Å². The summed E-state index contributed by atoms with van der Waals surface area (Å²) in [6.07, 6.45) is 0. The van der Waals surface area contributed by atoms with Gasteiger partial charge in [0.05, 0.1) is 0 Å². The molecule has 0 saturated carbocycles. The van der Waals surface area contributed by atoms with Crippen molar-refractivity contribution in [2.45, 2.75) is 45.2 Å². The quantitative estimate of drug-likeness (QED) is 0.634. The molecule has 3 rings (SSSR count). The fraction of sp³-hybridized carbons (Fsp3) is 0.435. The van der Waals surface area contributed by atoms with Crippen LogP contribution in [0.3, 0.4) is 0 Å². The molecule has 9 heteroatoms. The molecule has 2 aromatic carbocycles. The number of halogens is 1. The Morgan fingerprint density at radius 2 is 1.81 bits per heavy atom. The summed E-state index contributed by atoms with van der Waals surface area (Å²) in [5.41, 5.74) is 2.15. The fourth-order valence-electron chi connectivity index (χ4n) is 3.97. The largest absolute Gasteiger partial charge is 0.483 e. The molecular weight excluding hydrogens is 435 g/mol. The molecule has 1 heterocycles. The molecule has 174 valence electrons. The van der Waals surface area contributed by atoms with E-state index < -0.39 is 15.9 Å². The van der Waals surface area contributed by atoms with Crippen LogP contribution in [0.2, 0.25) is 0 Å². The second-order valence-corrected chi connectivity index (χ2v) is 9.88. The number of carbonyl (C=O) groups is 1. The number of amides is 1. The number of piperazine rings is 1. The van der Waals surface area contributed by atoms with Crippen molar-refractivity contribution >= 4 is 16.0 Å².